The van der Waals surface area contributed by atoms with Crippen LogP contribution >= 0.6 is 0 Å². The smallest absolute Gasteiger partial charge is 0.379 e. The van der Waals surface area contributed by atoms with Gasteiger partial charge in [0.05, 0.1) is 35.6 Å². The minimum Gasteiger partial charge on any atom is -0.379 e. The molecule has 12 heteroatoms. The van der Waals surface area contributed by atoms with E-state index in [9.17, 15) is 13.2 Å². The highest BCUT2D eigenvalue weighted by Crippen LogP contribution is 2.29. The number of aryl methyl sites for hydroxylation is 1. The van der Waals surface area contributed by atoms with Crippen molar-refractivity contribution in [3.8, 4) is 0 Å². The second-order valence-electron chi connectivity index (χ2n) is 6.97. The quantitative estimate of drug-likeness (QED) is 0.588. The van der Waals surface area contributed by atoms with E-state index in [0.717, 1.165) is 18.7 Å². The van der Waals surface area contributed by atoms with Gasteiger partial charge in [-0.05, 0) is 18.6 Å². The van der Waals surface area contributed by atoms with Gasteiger partial charge in [0.2, 0.25) is 5.95 Å². The van der Waals surface area contributed by atoms with Gasteiger partial charge in [0, 0.05) is 20.2 Å². The van der Waals surface area contributed by atoms with Crippen LogP contribution in [0.15, 0.2) is 24.5 Å². The summed E-state index contributed by atoms with van der Waals surface area (Å²) in [6.45, 7) is 1.46. The molecular formula is C17H19F3N8O. The average molecular weight is 408 g/mol. The normalized spacial score (nSPS) is 19.6. The minimum atomic E-state index is -4.50. The summed E-state index contributed by atoms with van der Waals surface area (Å²) >= 11 is 0. The summed E-state index contributed by atoms with van der Waals surface area (Å²) in [5, 5.41) is 10.9. The fourth-order valence-corrected chi connectivity index (χ4v) is 2.99. The molecule has 0 amide bonds. The Balaban J connectivity index is 1.61. The van der Waals surface area contributed by atoms with E-state index in [0.29, 0.717) is 48.2 Å². The Morgan fingerprint density at radius 2 is 2.10 bits per heavy atom. The maximum absolute atomic E-state index is 12.7. The lowest BCUT2D eigenvalue weighted by Crippen LogP contribution is -2.47. The highest BCUT2D eigenvalue weighted by atomic mass is 19.4. The Kier molecular flexibility index (Phi) is 4.74. The molecule has 9 nitrogen and oxygen atoms in total. The van der Waals surface area contributed by atoms with Crippen LogP contribution in [0.1, 0.15) is 12.1 Å². The first kappa shape index (κ1) is 19.3. The SMILES string of the molecule is Cn1ncc2c(Nc3ccc(C(F)(F)F)nc3)nc(NCC3(N)CCOC3)nc21. The molecule has 4 rings (SSSR count). The van der Waals surface area contributed by atoms with Crippen LogP contribution in [0, 0.1) is 0 Å². The summed E-state index contributed by atoms with van der Waals surface area (Å²) in [5.41, 5.74) is 5.70. The number of hydrogen-bond acceptors (Lipinski definition) is 8. The predicted molar refractivity (Wildman–Crippen MR) is 99.7 cm³/mol. The second-order valence-corrected chi connectivity index (χ2v) is 6.97. The summed E-state index contributed by atoms with van der Waals surface area (Å²) in [5.74, 6) is 0.709. The molecule has 1 aliphatic rings. The standard InChI is InChI=1S/C17H19F3N8O/c1-28-14-11(7-24-28)13(25-10-2-3-12(22-6-10)17(18,19)20)26-15(27-14)23-8-16(21)4-5-29-9-16/h2-3,6-7H,4-5,8-9,21H2,1H3,(H2,23,25,26,27). The number of nitrogens with two attached hydrogens (primary N) is 1. The van der Waals surface area contributed by atoms with E-state index in [2.05, 4.69) is 30.7 Å². The fourth-order valence-electron chi connectivity index (χ4n) is 2.99. The molecule has 29 heavy (non-hydrogen) atoms. The van der Waals surface area contributed by atoms with Crippen molar-refractivity contribution in [3.63, 3.8) is 0 Å². The summed E-state index contributed by atoms with van der Waals surface area (Å²) in [7, 11) is 1.73. The molecule has 4 N–H and O–H groups in total. The third-order valence-electron chi connectivity index (χ3n) is 4.64. The molecule has 4 heterocycles. The number of fused-ring (bicyclic) bond motifs is 1. The van der Waals surface area contributed by atoms with Crippen molar-refractivity contribution in [3.05, 3.63) is 30.2 Å². The molecule has 0 radical (unpaired) electrons. The zero-order chi connectivity index (χ0) is 20.6. The van der Waals surface area contributed by atoms with Crippen LogP contribution < -0.4 is 16.4 Å². The number of anilines is 3. The predicted octanol–water partition coefficient (Wildman–Crippen LogP) is 2.05. The Morgan fingerprint density at radius 1 is 1.28 bits per heavy atom. The van der Waals surface area contributed by atoms with Crippen LogP contribution in [0.4, 0.5) is 30.6 Å². The number of nitrogens with zero attached hydrogens (tertiary/aromatic N) is 5. The lowest BCUT2D eigenvalue weighted by molar-refractivity contribution is -0.141. The lowest BCUT2D eigenvalue weighted by atomic mass is 10.0. The second kappa shape index (κ2) is 7.12. The van der Waals surface area contributed by atoms with Gasteiger partial charge in [0.1, 0.15) is 11.5 Å². The first-order chi connectivity index (χ1) is 13.7. The molecule has 0 aromatic carbocycles. The average Bonchev–Trinajstić information content (AvgIpc) is 3.27. The van der Waals surface area contributed by atoms with Gasteiger partial charge in [-0.25, -0.2) is 4.98 Å². The topological polar surface area (TPSA) is 116 Å². The van der Waals surface area contributed by atoms with Crippen LogP contribution in [-0.4, -0.2) is 50.0 Å². The summed E-state index contributed by atoms with van der Waals surface area (Å²) < 4.78 is 45.1. The molecule has 1 atom stereocenters. The maximum atomic E-state index is 12.7. The van der Waals surface area contributed by atoms with Crippen molar-refractivity contribution >= 4 is 28.5 Å². The van der Waals surface area contributed by atoms with E-state index in [1.54, 1.807) is 17.9 Å². The lowest BCUT2D eigenvalue weighted by Gasteiger charge is -2.22. The Hall–Kier alpha value is -2.99. The summed E-state index contributed by atoms with van der Waals surface area (Å²) in [6.07, 6.45) is -1.10. The largest absolute Gasteiger partial charge is 0.433 e. The number of hydrogen-bond donors (Lipinski definition) is 3. The first-order valence-electron chi connectivity index (χ1n) is 8.84. The third kappa shape index (κ3) is 4.07. The van der Waals surface area contributed by atoms with Crippen molar-refractivity contribution in [2.45, 2.75) is 18.1 Å². The first-order valence-corrected chi connectivity index (χ1v) is 8.84. The van der Waals surface area contributed by atoms with E-state index in [1.165, 1.54) is 6.07 Å². The molecule has 154 valence electrons. The fraction of sp³-hybridized carbons (Fsp3) is 0.412. The number of nitrogens with one attached hydrogen (secondary N) is 2. The molecule has 1 aliphatic heterocycles. The molecule has 0 saturated carbocycles. The molecule has 0 bridgehead atoms. The van der Waals surface area contributed by atoms with Crippen LogP contribution in [0.3, 0.4) is 0 Å². The van der Waals surface area contributed by atoms with Gasteiger partial charge >= 0.3 is 6.18 Å². The van der Waals surface area contributed by atoms with Gasteiger partial charge in [-0.3, -0.25) is 4.68 Å². The van der Waals surface area contributed by atoms with Gasteiger partial charge in [-0.15, -0.1) is 0 Å². The number of pyridine rings is 1. The molecule has 1 unspecified atom stereocenters. The molecule has 3 aromatic rings. The van der Waals surface area contributed by atoms with Crippen LogP contribution in [0.2, 0.25) is 0 Å². The van der Waals surface area contributed by atoms with E-state index in [-0.39, 0.29) is 0 Å². The van der Waals surface area contributed by atoms with Gasteiger partial charge < -0.3 is 21.1 Å². The van der Waals surface area contributed by atoms with E-state index in [4.69, 9.17) is 10.5 Å². The van der Waals surface area contributed by atoms with Crippen LogP contribution in [0.25, 0.3) is 11.0 Å². The molecule has 1 saturated heterocycles. The van der Waals surface area contributed by atoms with Gasteiger partial charge in [-0.1, -0.05) is 0 Å². The van der Waals surface area contributed by atoms with Gasteiger partial charge in [-0.2, -0.15) is 28.2 Å². The molecule has 1 fully saturated rings. The summed E-state index contributed by atoms with van der Waals surface area (Å²) in [4.78, 5) is 12.3. The Labute approximate surface area is 163 Å². The number of aromatic nitrogens is 5. The number of halogens is 3. The zero-order valence-electron chi connectivity index (χ0n) is 15.5. The maximum Gasteiger partial charge on any atom is 0.433 e. The Bertz CT molecular complexity index is 1010. The van der Waals surface area contributed by atoms with Crippen molar-refractivity contribution < 1.29 is 17.9 Å². The molecule has 3 aromatic heterocycles. The van der Waals surface area contributed by atoms with Gasteiger partial charge in [0.15, 0.2) is 5.65 Å². The van der Waals surface area contributed by atoms with Gasteiger partial charge in [0.25, 0.3) is 0 Å². The number of alkyl halides is 3. The van der Waals surface area contributed by atoms with E-state index < -0.39 is 17.4 Å². The van der Waals surface area contributed by atoms with Crippen molar-refractivity contribution in [1.82, 2.24) is 24.7 Å². The highest BCUT2D eigenvalue weighted by Gasteiger charge is 2.32. The Morgan fingerprint density at radius 3 is 2.76 bits per heavy atom. The van der Waals surface area contributed by atoms with E-state index in [1.807, 2.05) is 0 Å². The third-order valence-corrected chi connectivity index (χ3v) is 4.64. The zero-order valence-corrected chi connectivity index (χ0v) is 15.5. The highest BCUT2D eigenvalue weighted by molar-refractivity contribution is 5.89. The molecule has 0 aliphatic carbocycles. The van der Waals surface area contributed by atoms with Crippen molar-refractivity contribution in [1.29, 1.82) is 0 Å². The number of ether oxygens (including phenoxy) is 1. The number of rotatable bonds is 5. The van der Waals surface area contributed by atoms with Crippen molar-refractivity contribution in [2.24, 2.45) is 12.8 Å². The minimum absolute atomic E-state index is 0.320. The van der Waals surface area contributed by atoms with E-state index >= 15 is 0 Å². The van der Waals surface area contributed by atoms with Crippen LogP contribution in [-0.2, 0) is 18.0 Å². The summed E-state index contributed by atoms with van der Waals surface area (Å²) in [6, 6.07) is 2.19. The monoisotopic (exact) mass is 408 g/mol. The van der Waals surface area contributed by atoms with Crippen LogP contribution in [0.5, 0.6) is 0 Å². The molecular weight excluding hydrogens is 389 g/mol. The molecule has 0 spiro atoms. The van der Waals surface area contributed by atoms with Crippen molar-refractivity contribution in [2.75, 3.05) is 30.4 Å².